The Bertz CT molecular complexity index is 676. The highest BCUT2D eigenvalue weighted by Crippen LogP contribution is 2.29. The van der Waals surface area contributed by atoms with Crippen LogP contribution in [0.3, 0.4) is 0 Å². The number of imide groups is 2. The number of rotatable bonds is 1. The van der Waals surface area contributed by atoms with E-state index in [-0.39, 0.29) is 11.3 Å². The van der Waals surface area contributed by atoms with E-state index in [1.165, 1.54) is 19.9 Å². The molecule has 0 bridgehead atoms. The maximum atomic E-state index is 13.9. The van der Waals surface area contributed by atoms with E-state index < -0.39 is 29.1 Å². The molecule has 0 saturated carbocycles. The van der Waals surface area contributed by atoms with Crippen molar-refractivity contribution in [3.8, 4) is 6.07 Å². The zero-order valence-corrected chi connectivity index (χ0v) is 10.7. The van der Waals surface area contributed by atoms with Gasteiger partial charge in [-0.05, 0) is 32.0 Å². The molecule has 102 valence electrons. The molecule has 0 aromatic heterocycles. The van der Waals surface area contributed by atoms with E-state index in [0.717, 1.165) is 12.1 Å². The summed E-state index contributed by atoms with van der Waals surface area (Å²) in [6, 6.07) is 4.08. The van der Waals surface area contributed by atoms with Crippen LogP contribution in [0.1, 0.15) is 19.4 Å². The van der Waals surface area contributed by atoms with Gasteiger partial charge in [0.2, 0.25) is 11.8 Å². The predicted octanol–water partition coefficient (Wildman–Crippen LogP) is 1.31. The monoisotopic (exact) mass is 275 g/mol. The van der Waals surface area contributed by atoms with E-state index in [4.69, 9.17) is 5.26 Å². The van der Waals surface area contributed by atoms with Gasteiger partial charge in [-0.15, -0.1) is 0 Å². The van der Waals surface area contributed by atoms with Crippen molar-refractivity contribution < 1.29 is 18.8 Å². The molecular formula is C13H10FN3O3. The van der Waals surface area contributed by atoms with Crippen LogP contribution in [-0.4, -0.2) is 17.8 Å². The van der Waals surface area contributed by atoms with Crippen LogP contribution < -0.4 is 10.2 Å². The zero-order chi connectivity index (χ0) is 15.1. The van der Waals surface area contributed by atoms with Crippen molar-refractivity contribution in [2.75, 3.05) is 4.90 Å². The lowest BCUT2D eigenvalue weighted by atomic mass is 9.88. The quantitative estimate of drug-likeness (QED) is 0.782. The Morgan fingerprint density at radius 1 is 1.30 bits per heavy atom. The maximum Gasteiger partial charge on any atom is 0.335 e. The summed E-state index contributed by atoms with van der Waals surface area (Å²) >= 11 is 0. The van der Waals surface area contributed by atoms with Crippen LogP contribution in [0.4, 0.5) is 14.9 Å². The number of halogens is 1. The number of nitrogens with one attached hydrogen (secondary N) is 1. The first-order valence-electron chi connectivity index (χ1n) is 5.68. The Kier molecular flexibility index (Phi) is 3.02. The number of amides is 4. The largest absolute Gasteiger partial charge is 0.335 e. The normalized spacial score (nSPS) is 17.7. The number of hydrogen-bond acceptors (Lipinski definition) is 4. The molecule has 0 unspecified atom stereocenters. The summed E-state index contributed by atoms with van der Waals surface area (Å²) in [4.78, 5) is 36.1. The van der Waals surface area contributed by atoms with Crippen molar-refractivity contribution in [2.24, 2.45) is 5.41 Å². The van der Waals surface area contributed by atoms with E-state index >= 15 is 0 Å². The number of hydrogen-bond donors (Lipinski definition) is 1. The molecule has 7 heteroatoms. The second-order valence-electron chi connectivity index (χ2n) is 4.80. The van der Waals surface area contributed by atoms with Crippen molar-refractivity contribution in [2.45, 2.75) is 13.8 Å². The van der Waals surface area contributed by atoms with Gasteiger partial charge in [-0.2, -0.15) is 5.26 Å². The van der Waals surface area contributed by atoms with Crippen LogP contribution in [-0.2, 0) is 9.59 Å². The minimum Gasteiger partial charge on any atom is -0.276 e. The molecule has 1 heterocycles. The van der Waals surface area contributed by atoms with E-state index in [1.54, 1.807) is 6.07 Å². The van der Waals surface area contributed by atoms with Gasteiger partial charge < -0.3 is 0 Å². The van der Waals surface area contributed by atoms with Gasteiger partial charge in [0.25, 0.3) is 0 Å². The number of nitriles is 1. The number of urea groups is 1. The van der Waals surface area contributed by atoms with Crippen LogP contribution in [0.2, 0.25) is 0 Å². The summed E-state index contributed by atoms with van der Waals surface area (Å²) in [6.45, 7) is 2.68. The van der Waals surface area contributed by atoms with Crippen LogP contribution in [0, 0.1) is 22.6 Å². The van der Waals surface area contributed by atoms with Crippen LogP contribution >= 0.6 is 0 Å². The van der Waals surface area contributed by atoms with E-state index in [9.17, 15) is 18.8 Å². The highest BCUT2D eigenvalue weighted by Gasteiger charge is 2.48. The Balaban J connectivity index is 2.52. The SMILES string of the molecule is CC1(C)C(=O)NC(=O)N(c2ccc(C#N)cc2F)C1=O. The number of barbiturate groups is 1. The van der Waals surface area contributed by atoms with Crippen LogP contribution in [0.25, 0.3) is 0 Å². The molecule has 2 rings (SSSR count). The summed E-state index contributed by atoms with van der Waals surface area (Å²) in [5, 5.41) is 10.7. The van der Waals surface area contributed by atoms with Gasteiger partial charge in [-0.1, -0.05) is 0 Å². The van der Waals surface area contributed by atoms with E-state index in [2.05, 4.69) is 0 Å². The lowest BCUT2D eigenvalue weighted by Crippen LogP contribution is -2.62. The van der Waals surface area contributed by atoms with Crippen molar-refractivity contribution in [1.29, 1.82) is 5.26 Å². The minimum absolute atomic E-state index is 0.0615. The summed E-state index contributed by atoms with van der Waals surface area (Å²) in [7, 11) is 0. The minimum atomic E-state index is -1.48. The maximum absolute atomic E-state index is 13.9. The van der Waals surface area contributed by atoms with E-state index in [1.807, 2.05) is 5.32 Å². The summed E-state index contributed by atoms with van der Waals surface area (Å²) in [5.41, 5.74) is -1.72. The number of anilines is 1. The van der Waals surface area contributed by atoms with E-state index in [0.29, 0.717) is 4.90 Å². The van der Waals surface area contributed by atoms with Gasteiger partial charge in [-0.25, -0.2) is 14.1 Å². The first-order valence-corrected chi connectivity index (χ1v) is 5.68. The van der Waals surface area contributed by atoms with Gasteiger partial charge in [-0.3, -0.25) is 14.9 Å². The highest BCUT2D eigenvalue weighted by molar-refractivity contribution is 6.29. The van der Waals surface area contributed by atoms with Gasteiger partial charge >= 0.3 is 6.03 Å². The van der Waals surface area contributed by atoms with Crippen molar-refractivity contribution in [3.05, 3.63) is 29.6 Å². The third-order valence-electron chi connectivity index (χ3n) is 3.05. The molecule has 1 fully saturated rings. The van der Waals surface area contributed by atoms with Gasteiger partial charge in [0.1, 0.15) is 11.2 Å². The fourth-order valence-electron chi connectivity index (χ4n) is 1.75. The third kappa shape index (κ3) is 1.91. The molecule has 0 spiro atoms. The van der Waals surface area contributed by atoms with Crippen molar-refractivity contribution >= 4 is 23.5 Å². The topological polar surface area (TPSA) is 90.3 Å². The molecule has 0 aliphatic carbocycles. The smallest absolute Gasteiger partial charge is 0.276 e. The molecule has 1 saturated heterocycles. The molecule has 1 aromatic carbocycles. The first kappa shape index (κ1) is 13.7. The van der Waals surface area contributed by atoms with Gasteiger partial charge in [0, 0.05) is 0 Å². The van der Waals surface area contributed by atoms with Crippen molar-refractivity contribution in [3.63, 3.8) is 0 Å². The molecular weight excluding hydrogens is 265 g/mol. The third-order valence-corrected chi connectivity index (χ3v) is 3.05. The molecule has 1 aliphatic heterocycles. The van der Waals surface area contributed by atoms with Crippen molar-refractivity contribution in [1.82, 2.24) is 5.32 Å². The van der Waals surface area contributed by atoms with Crippen LogP contribution in [0.15, 0.2) is 18.2 Å². The Morgan fingerprint density at radius 3 is 2.50 bits per heavy atom. The molecule has 20 heavy (non-hydrogen) atoms. The standard InChI is InChI=1S/C13H10FN3O3/c1-13(2)10(18)16-12(20)17(11(13)19)9-4-3-7(6-15)5-8(9)14/h3-5H,1-2H3,(H,16,18,20). The highest BCUT2D eigenvalue weighted by atomic mass is 19.1. The predicted molar refractivity (Wildman–Crippen MR) is 65.9 cm³/mol. The summed E-state index contributed by atoms with van der Waals surface area (Å²) in [5.74, 6) is -2.45. The number of benzene rings is 1. The summed E-state index contributed by atoms with van der Waals surface area (Å²) < 4.78 is 13.9. The number of nitrogens with zero attached hydrogens (tertiary/aromatic N) is 2. The van der Waals surface area contributed by atoms with Gasteiger partial charge in [0.15, 0.2) is 0 Å². The second kappa shape index (κ2) is 4.42. The Labute approximate surface area is 113 Å². The fraction of sp³-hybridized carbons (Fsp3) is 0.231. The molecule has 0 radical (unpaired) electrons. The fourth-order valence-corrected chi connectivity index (χ4v) is 1.75. The average Bonchev–Trinajstić information content (AvgIpc) is 2.38. The molecule has 1 aliphatic rings. The average molecular weight is 275 g/mol. The molecule has 1 aromatic rings. The van der Waals surface area contributed by atoms with Crippen LogP contribution in [0.5, 0.6) is 0 Å². The first-order chi connectivity index (χ1) is 9.28. The van der Waals surface area contributed by atoms with Gasteiger partial charge in [0.05, 0.1) is 17.3 Å². The second-order valence-corrected chi connectivity index (χ2v) is 4.80. The summed E-state index contributed by atoms with van der Waals surface area (Å²) in [6.07, 6.45) is 0. The lowest BCUT2D eigenvalue weighted by molar-refractivity contribution is -0.140. The number of carbonyl (C=O) groups excluding carboxylic acids is 3. The lowest BCUT2D eigenvalue weighted by Gasteiger charge is -2.34. The molecule has 1 N–H and O–H groups in total. The molecule has 0 atom stereocenters. The Morgan fingerprint density at radius 2 is 1.95 bits per heavy atom. The molecule has 4 amide bonds. The molecule has 6 nitrogen and oxygen atoms in total. The number of carbonyl (C=O) groups is 3. The Hall–Kier alpha value is -2.75. The zero-order valence-electron chi connectivity index (χ0n) is 10.7.